The third kappa shape index (κ3) is 5.85. The van der Waals surface area contributed by atoms with Crippen LogP contribution >= 0.6 is 0 Å². The van der Waals surface area contributed by atoms with Gasteiger partial charge in [0.05, 0.1) is 6.61 Å². The number of aryl methyl sites for hydroxylation is 1. The van der Waals surface area contributed by atoms with E-state index in [1.165, 1.54) is 5.56 Å². The van der Waals surface area contributed by atoms with Gasteiger partial charge in [-0.15, -0.1) is 0 Å². The van der Waals surface area contributed by atoms with Gasteiger partial charge < -0.3 is 14.9 Å². The summed E-state index contributed by atoms with van der Waals surface area (Å²) in [6.07, 6.45) is 3.00. The predicted molar refractivity (Wildman–Crippen MR) is 62.7 cm³/mol. The molecule has 3 nitrogen and oxygen atoms in total. The molecule has 0 radical (unpaired) electrons. The van der Waals surface area contributed by atoms with Crippen molar-refractivity contribution in [1.29, 1.82) is 0 Å². The van der Waals surface area contributed by atoms with Crippen molar-refractivity contribution >= 4 is 0 Å². The average molecular weight is 224 g/mol. The summed E-state index contributed by atoms with van der Waals surface area (Å²) in [5, 5.41) is 17.0. The highest BCUT2D eigenvalue weighted by molar-refractivity contribution is 5.14. The average Bonchev–Trinajstić information content (AvgIpc) is 2.27. The van der Waals surface area contributed by atoms with Crippen LogP contribution in [0.15, 0.2) is 30.3 Å². The summed E-state index contributed by atoms with van der Waals surface area (Å²) < 4.78 is 4.68. The Labute approximate surface area is 96.7 Å². The van der Waals surface area contributed by atoms with Crippen molar-refractivity contribution in [3.63, 3.8) is 0 Å². The molecule has 0 aliphatic rings. The molecule has 0 fully saturated rings. The lowest BCUT2D eigenvalue weighted by molar-refractivity contribution is -0.234. The smallest absolute Gasteiger partial charge is 0.266 e. The van der Waals surface area contributed by atoms with Gasteiger partial charge in [0.25, 0.3) is 6.48 Å². The first kappa shape index (κ1) is 13.2. The molecule has 1 aromatic carbocycles. The van der Waals surface area contributed by atoms with E-state index in [0.29, 0.717) is 12.5 Å². The number of aliphatic hydroxyl groups is 2. The minimum absolute atomic E-state index is 0.396. The summed E-state index contributed by atoms with van der Waals surface area (Å²) in [4.78, 5) is 0. The van der Waals surface area contributed by atoms with E-state index in [9.17, 15) is 0 Å². The number of hydrogen-bond acceptors (Lipinski definition) is 3. The van der Waals surface area contributed by atoms with Crippen LogP contribution in [0.3, 0.4) is 0 Å². The molecule has 0 amide bonds. The Kier molecular flexibility index (Phi) is 6.08. The van der Waals surface area contributed by atoms with Gasteiger partial charge in [0.15, 0.2) is 0 Å². The quantitative estimate of drug-likeness (QED) is 0.696. The third-order valence-electron chi connectivity index (χ3n) is 2.65. The fourth-order valence-electron chi connectivity index (χ4n) is 1.58. The number of ether oxygens (including phenoxy) is 1. The molecule has 0 aromatic heterocycles. The molecule has 1 atom stereocenters. The van der Waals surface area contributed by atoms with E-state index in [0.717, 1.165) is 19.3 Å². The standard InChI is InChI=1S/C13H20O3/c1-11(9-10-16-13(14)15)7-8-12-5-3-2-4-6-12/h2-6,11,13-15H,7-10H2,1H3. The normalized spacial score (nSPS) is 13.0. The van der Waals surface area contributed by atoms with E-state index >= 15 is 0 Å². The number of benzene rings is 1. The second-order valence-corrected chi connectivity index (χ2v) is 4.12. The molecule has 1 aromatic rings. The SMILES string of the molecule is CC(CCOC(O)O)CCc1ccccc1. The molecule has 0 aliphatic heterocycles. The van der Waals surface area contributed by atoms with Gasteiger partial charge in [-0.2, -0.15) is 0 Å². The number of hydrogen-bond donors (Lipinski definition) is 2. The van der Waals surface area contributed by atoms with Crippen LogP contribution in [0.4, 0.5) is 0 Å². The first-order chi connectivity index (χ1) is 7.68. The summed E-state index contributed by atoms with van der Waals surface area (Å²) in [5.41, 5.74) is 1.34. The topological polar surface area (TPSA) is 49.7 Å². The molecular formula is C13H20O3. The van der Waals surface area contributed by atoms with E-state index in [1.54, 1.807) is 0 Å². The zero-order valence-corrected chi connectivity index (χ0v) is 9.67. The summed E-state index contributed by atoms with van der Waals surface area (Å²) in [7, 11) is 0. The lowest BCUT2D eigenvalue weighted by Gasteiger charge is -2.12. The van der Waals surface area contributed by atoms with Crippen LogP contribution in [0.1, 0.15) is 25.3 Å². The molecule has 2 N–H and O–H groups in total. The van der Waals surface area contributed by atoms with Crippen LogP contribution in [0, 0.1) is 5.92 Å². The Bertz CT molecular complexity index is 272. The van der Waals surface area contributed by atoms with Crippen molar-refractivity contribution in [2.45, 2.75) is 32.7 Å². The molecular weight excluding hydrogens is 204 g/mol. The highest BCUT2D eigenvalue weighted by atomic mass is 16.7. The van der Waals surface area contributed by atoms with Gasteiger partial charge in [0, 0.05) is 0 Å². The van der Waals surface area contributed by atoms with Crippen LogP contribution in [0.5, 0.6) is 0 Å². The fraction of sp³-hybridized carbons (Fsp3) is 0.538. The molecule has 16 heavy (non-hydrogen) atoms. The Morgan fingerprint density at radius 2 is 1.81 bits per heavy atom. The zero-order valence-electron chi connectivity index (χ0n) is 9.67. The molecule has 3 heteroatoms. The van der Waals surface area contributed by atoms with Crippen LogP contribution in [-0.4, -0.2) is 23.3 Å². The van der Waals surface area contributed by atoms with E-state index in [1.807, 2.05) is 18.2 Å². The largest absolute Gasteiger partial charge is 0.346 e. The Hall–Kier alpha value is -0.900. The first-order valence-corrected chi connectivity index (χ1v) is 5.70. The van der Waals surface area contributed by atoms with Gasteiger partial charge in [-0.25, -0.2) is 0 Å². The van der Waals surface area contributed by atoms with Crippen molar-refractivity contribution in [2.75, 3.05) is 6.61 Å². The maximum Gasteiger partial charge on any atom is 0.266 e. The van der Waals surface area contributed by atoms with Crippen LogP contribution < -0.4 is 0 Å². The summed E-state index contributed by atoms with van der Waals surface area (Å²) in [5.74, 6) is 0.527. The summed E-state index contributed by atoms with van der Waals surface area (Å²) in [6, 6.07) is 10.4. The summed E-state index contributed by atoms with van der Waals surface area (Å²) in [6.45, 7) is 0.908. The number of rotatable bonds is 7. The van der Waals surface area contributed by atoms with Crippen molar-refractivity contribution in [2.24, 2.45) is 5.92 Å². The van der Waals surface area contributed by atoms with Gasteiger partial charge in [-0.1, -0.05) is 37.3 Å². The van der Waals surface area contributed by atoms with Crippen molar-refractivity contribution in [3.05, 3.63) is 35.9 Å². The lowest BCUT2D eigenvalue weighted by atomic mass is 9.99. The minimum Gasteiger partial charge on any atom is -0.346 e. The molecule has 90 valence electrons. The second-order valence-electron chi connectivity index (χ2n) is 4.12. The van der Waals surface area contributed by atoms with Gasteiger partial charge in [-0.3, -0.25) is 0 Å². The Morgan fingerprint density at radius 1 is 1.12 bits per heavy atom. The molecule has 1 unspecified atom stereocenters. The molecule has 0 spiro atoms. The van der Waals surface area contributed by atoms with Gasteiger partial charge in [-0.05, 0) is 30.7 Å². The third-order valence-corrected chi connectivity index (χ3v) is 2.65. The maximum absolute atomic E-state index is 8.51. The maximum atomic E-state index is 8.51. The van der Waals surface area contributed by atoms with Gasteiger partial charge in [0.2, 0.25) is 0 Å². The first-order valence-electron chi connectivity index (χ1n) is 5.70. The predicted octanol–water partition coefficient (Wildman–Crippen LogP) is 1.93. The highest BCUT2D eigenvalue weighted by Crippen LogP contribution is 2.12. The minimum atomic E-state index is -1.64. The molecule has 0 bridgehead atoms. The molecule has 0 aliphatic carbocycles. The molecule has 0 heterocycles. The van der Waals surface area contributed by atoms with E-state index < -0.39 is 6.48 Å². The Balaban J connectivity index is 2.13. The number of aliphatic hydroxyl groups excluding tert-OH is 1. The van der Waals surface area contributed by atoms with Gasteiger partial charge in [0.1, 0.15) is 0 Å². The van der Waals surface area contributed by atoms with E-state index in [-0.39, 0.29) is 0 Å². The lowest BCUT2D eigenvalue weighted by Crippen LogP contribution is -2.13. The summed E-state index contributed by atoms with van der Waals surface area (Å²) >= 11 is 0. The zero-order chi connectivity index (χ0) is 11.8. The van der Waals surface area contributed by atoms with E-state index in [2.05, 4.69) is 23.8 Å². The van der Waals surface area contributed by atoms with Crippen molar-refractivity contribution in [1.82, 2.24) is 0 Å². The van der Waals surface area contributed by atoms with Gasteiger partial charge >= 0.3 is 0 Å². The van der Waals surface area contributed by atoms with Crippen LogP contribution in [-0.2, 0) is 11.2 Å². The van der Waals surface area contributed by atoms with E-state index in [4.69, 9.17) is 10.2 Å². The van der Waals surface area contributed by atoms with Crippen LogP contribution in [0.2, 0.25) is 0 Å². The fourth-order valence-corrected chi connectivity index (χ4v) is 1.58. The Morgan fingerprint density at radius 3 is 2.44 bits per heavy atom. The highest BCUT2D eigenvalue weighted by Gasteiger charge is 2.04. The van der Waals surface area contributed by atoms with Crippen LogP contribution in [0.25, 0.3) is 0 Å². The molecule has 0 saturated carbocycles. The second kappa shape index (κ2) is 7.39. The monoisotopic (exact) mass is 224 g/mol. The van der Waals surface area contributed by atoms with Crippen molar-refractivity contribution in [3.8, 4) is 0 Å². The molecule has 1 rings (SSSR count). The molecule has 0 saturated heterocycles. The van der Waals surface area contributed by atoms with Crippen molar-refractivity contribution < 1.29 is 14.9 Å².